The van der Waals surface area contributed by atoms with Crippen LogP contribution in [0.4, 0.5) is 26.6 Å². The number of nitrogens with two attached hydrogens (primary N) is 1. The number of anilines is 3. The summed E-state index contributed by atoms with van der Waals surface area (Å²) in [4.78, 5) is 22.9. The Morgan fingerprint density at radius 2 is 1.88 bits per heavy atom. The fourth-order valence-corrected chi connectivity index (χ4v) is 4.85. The average Bonchev–Trinajstić information content (AvgIpc) is 3.46. The highest BCUT2D eigenvalue weighted by Gasteiger charge is 2.26. The van der Waals surface area contributed by atoms with Crippen LogP contribution in [0.5, 0.6) is 11.5 Å². The molecule has 1 fully saturated rings. The van der Waals surface area contributed by atoms with Crippen molar-refractivity contribution in [2.24, 2.45) is 0 Å². The molecule has 208 valence electrons. The van der Waals surface area contributed by atoms with E-state index in [-0.39, 0.29) is 30.3 Å². The van der Waals surface area contributed by atoms with Gasteiger partial charge in [0.2, 0.25) is 5.95 Å². The molecular weight excluding hydrogens is 525 g/mol. The summed E-state index contributed by atoms with van der Waals surface area (Å²) in [6.07, 6.45) is 2.77. The molecule has 3 heterocycles. The normalized spacial score (nSPS) is 13.7. The van der Waals surface area contributed by atoms with Crippen molar-refractivity contribution in [2.75, 3.05) is 24.1 Å². The van der Waals surface area contributed by atoms with Gasteiger partial charge in [0.25, 0.3) is 0 Å². The molecule has 10 nitrogen and oxygen atoms in total. The van der Waals surface area contributed by atoms with Crippen LogP contribution in [0.25, 0.3) is 10.9 Å². The highest BCUT2D eigenvalue weighted by molar-refractivity contribution is 5.79. The van der Waals surface area contributed by atoms with Crippen molar-refractivity contribution in [1.29, 1.82) is 0 Å². The Morgan fingerprint density at radius 3 is 2.68 bits per heavy atom. The van der Waals surface area contributed by atoms with Crippen molar-refractivity contribution in [3.63, 3.8) is 0 Å². The Balaban J connectivity index is 1.07. The molecule has 0 unspecified atom stereocenters. The third-order valence-corrected chi connectivity index (χ3v) is 6.98. The zero-order valence-corrected chi connectivity index (χ0v) is 22.1. The van der Waals surface area contributed by atoms with Gasteiger partial charge in [-0.05, 0) is 48.7 Å². The number of nitrogens with zero attached hydrogens (tertiary/aromatic N) is 4. The molecule has 5 aromatic rings. The molecule has 2 aromatic heterocycles. The average molecular weight is 554 g/mol. The molecule has 41 heavy (non-hydrogen) atoms. The first kappa shape index (κ1) is 26.1. The molecule has 0 bridgehead atoms. The van der Waals surface area contributed by atoms with E-state index in [2.05, 4.69) is 25.5 Å². The molecule has 3 aromatic carbocycles. The fourth-order valence-electron chi connectivity index (χ4n) is 4.85. The Labute approximate surface area is 235 Å². The number of nitrogen functional groups attached to an aromatic ring is 1. The van der Waals surface area contributed by atoms with Crippen LogP contribution in [0.2, 0.25) is 0 Å². The van der Waals surface area contributed by atoms with E-state index < -0.39 is 5.82 Å². The number of fused-ring (bicyclic) bond motifs is 1. The Morgan fingerprint density at radius 1 is 1.05 bits per heavy atom. The number of piperidine rings is 1. The Hall–Kier alpha value is -5.19. The number of likely N-dealkylation sites (tertiary alicyclic amines) is 1. The van der Waals surface area contributed by atoms with Gasteiger partial charge in [0.15, 0.2) is 11.6 Å². The van der Waals surface area contributed by atoms with Crippen LogP contribution in [0.1, 0.15) is 30.0 Å². The van der Waals surface area contributed by atoms with Crippen LogP contribution < -0.4 is 15.8 Å². The van der Waals surface area contributed by atoms with E-state index >= 15 is 0 Å². The first-order valence-corrected chi connectivity index (χ1v) is 13.3. The quantitative estimate of drug-likeness (QED) is 0.219. The number of aromatic amines is 1. The zero-order chi connectivity index (χ0) is 28.2. The summed E-state index contributed by atoms with van der Waals surface area (Å²) in [6.45, 7) is 1.34. The molecule has 11 heteroatoms. The molecule has 6 rings (SSSR count). The molecule has 0 aliphatic carbocycles. The molecule has 0 saturated carbocycles. The second-order valence-electron chi connectivity index (χ2n) is 9.83. The maximum atomic E-state index is 14.9. The van der Waals surface area contributed by atoms with E-state index in [9.17, 15) is 9.18 Å². The van der Waals surface area contributed by atoms with Crippen molar-refractivity contribution < 1.29 is 18.7 Å². The third kappa shape index (κ3) is 6.19. The summed E-state index contributed by atoms with van der Waals surface area (Å²) in [5.41, 5.74) is 9.09. The van der Waals surface area contributed by atoms with E-state index in [4.69, 9.17) is 15.2 Å². The minimum atomic E-state index is -0.531. The zero-order valence-electron chi connectivity index (χ0n) is 22.1. The lowest BCUT2D eigenvalue weighted by Crippen LogP contribution is -2.38. The number of H-pyrrole nitrogens is 1. The highest BCUT2D eigenvalue weighted by atomic mass is 19.1. The van der Waals surface area contributed by atoms with Gasteiger partial charge in [0.1, 0.15) is 18.2 Å². The van der Waals surface area contributed by atoms with Gasteiger partial charge in [0, 0.05) is 42.2 Å². The number of carbonyl (C=O) groups is 1. The molecule has 0 atom stereocenters. The van der Waals surface area contributed by atoms with Crippen molar-refractivity contribution >= 4 is 34.4 Å². The molecular formula is C30H28FN7O3. The highest BCUT2D eigenvalue weighted by Crippen LogP contribution is 2.32. The van der Waals surface area contributed by atoms with Crippen LogP contribution >= 0.6 is 0 Å². The molecule has 0 radical (unpaired) electrons. The van der Waals surface area contributed by atoms with Gasteiger partial charge in [-0.3, -0.25) is 5.10 Å². The number of nitrogens with one attached hydrogen (secondary N) is 2. The van der Waals surface area contributed by atoms with Gasteiger partial charge >= 0.3 is 6.09 Å². The lowest BCUT2D eigenvalue weighted by Gasteiger charge is -2.31. The Kier molecular flexibility index (Phi) is 7.31. The predicted molar refractivity (Wildman–Crippen MR) is 152 cm³/mol. The standard InChI is InChI=1S/C30H28FN7O3/c31-24-15-22(6-9-27(24)41-23-7-8-25-21(14-23)17-33-37-25)34-28-16-26(35-29(32)36-28)20-10-12-38(13-11-20)30(39)40-18-19-4-2-1-3-5-19/h1-9,14-17,20H,10-13,18H2,(H,33,37)(H3,32,34,35,36). The number of benzene rings is 3. The molecule has 0 spiro atoms. The van der Waals surface area contributed by atoms with Gasteiger partial charge in [-0.25, -0.2) is 14.2 Å². The van der Waals surface area contributed by atoms with Gasteiger partial charge in [-0.1, -0.05) is 30.3 Å². The number of halogens is 1. The maximum Gasteiger partial charge on any atom is 0.410 e. The number of ether oxygens (including phenoxy) is 2. The molecule has 1 amide bonds. The van der Waals surface area contributed by atoms with Gasteiger partial charge in [0.05, 0.1) is 17.4 Å². The number of aromatic nitrogens is 4. The van der Waals surface area contributed by atoms with Gasteiger partial charge in [-0.15, -0.1) is 0 Å². The van der Waals surface area contributed by atoms with Crippen LogP contribution in [-0.4, -0.2) is 44.2 Å². The monoisotopic (exact) mass is 553 g/mol. The van der Waals surface area contributed by atoms with E-state index in [1.807, 2.05) is 42.5 Å². The Bertz CT molecular complexity index is 1670. The lowest BCUT2D eigenvalue weighted by molar-refractivity contribution is 0.0868. The van der Waals surface area contributed by atoms with E-state index in [0.29, 0.717) is 43.2 Å². The van der Waals surface area contributed by atoms with E-state index in [1.54, 1.807) is 35.4 Å². The first-order valence-electron chi connectivity index (χ1n) is 13.3. The van der Waals surface area contributed by atoms with Crippen LogP contribution in [0, 0.1) is 5.82 Å². The van der Waals surface area contributed by atoms with Crippen molar-refractivity contribution in [3.05, 3.63) is 96.1 Å². The summed E-state index contributed by atoms with van der Waals surface area (Å²) in [5.74, 6) is 0.730. The first-order chi connectivity index (χ1) is 20.0. The summed E-state index contributed by atoms with van der Waals surface area (Å²) in [6, 6.07) is 21.3. The summed E-state index contributed by atoms with van der Waals surface area (Å²) in [5, 5.41) is 10.8. The van der Waals surface area contributed by atoms with Crippen molar-refractivity contribution in [3.8, 4) is 11.5 Å². The van der Waals surface area contributed by atoms with Gasteiger partial charge in [-0.2, -0.15) is 10.1 Å². The number of carbonyl (C=O) groups excluding carboxylic acids is 1. The SMILES string of the molecule is Nc1nc(Nc2ccc(Oc3ccc4[nH]ncc4c3)c(F)c2)cc(C2CCN(C(=O)OCc3ccccc3)CC2)n1. The van der Waals surface area contributed by atoms with Gasteiger partial charge < -0.3 is 25.4 Å². The van der Waals surface area contributed by atoms with Crippen LogP contribution in [-0.2, 0) is 11.3 Å². The second-order valence-corrected chi connectivity index (χ2v) is 9.83. The topological polar surface area (TPSA) is 131 Å². The minimum absolute atomic E-state index is 0.0929. The number of hydrogen-bond donors (Lipinski definition) is 3. The molecule has 1 aliphatic heterocycles. The minimum Gasteiger partial charge on any atom is -0.454 e. The van der Waals surface area contributed by atoms with Crippen molar-refractivity contribution in [2.45, 2.75) is 25.4 Å². The molecule has 1 aliphatic rings. The largest absolute Gasteiger partial charge is 0.454 e. The van der Waals surface area contributed by atoms with Crippen LogP contribution in [0.3, 0.4) is 0 Å². The maximum absolute atomic E-state index is 14.9. The van der Waals surface area contributed by atoms with Crippen LogP contribution in [0.15, 0.2) is 79.0 Å². The number of amides is 1. The molecule has 1 saturated heterocycles. The predicted octanol–water partition coefficient (Wildman–Crippen LogP) is 6.13. The van der Waals surface area contributed by atoms with Crippen molar-refractivity contribution in [1.82, 2.24) is 25.1 Å². The van der Waals surface area contributed by atoms with E-state index in [0.717, 1.165) is 22.2 Å². The smallest absolute Gasteiger partial charge is 0.410 e. The molecule has 4 N–H and O–H groups in total. The number of rotatable bonds is 7. The fraction of sp³-hybridized carbons (Fsp3) is 0.200. The summed E-state index contributed by atoms with van der Waals surface area (Å²) in [7, 11) is 0. The summed E-state index contributed by atoms with van der Waals surface area (Å²) < 4.78 is 26.1. The second kappa shape index (κ2) is 11.5. The third-order valence-electron chi connectivity index (χ3n) is 6.98. The number of hydrogen-bond acceptors (Lipinski definition) is 8. The summed E-state index contributed by atoms with van der Waals surface area (Å²) >= 11 is 0. The lowest BCUT2D eigenvalue weighted by atomic mass is 9.93. The van der Waals surface area contributed by atoms with E-state index in [1.165, 1.54) is 6.07 Å².